The Hall–Kier alpha value is -1.92. The minimum absolute atomic E-state index is 0.295. The molecule has 0 aliphatic carbocycles. The van der Waals surface area contributed by atoms with E-state index in [0.29, 0.717) is 18.2 Å². The monoisotopic (exact) mass is 342 g/mol. The zero-order chi connectivity index (χ0) is 17.1. The van der Waals surface area contributed by atoms with Gasteiger partial charge in [0.15, 0.2) is 0 Å². The van der Waals surface area contributed by atoms with Crippen molar-refractivity contribution in [2.75, 3.05) is 45.9 Å². The lowest BCUT2D eigenvalue weighted by Gasteiger charge is -2.33. The topological polar surface area (TPSA) is 61.5 Å². The number of morpholine rings is 1. The first-order valence-corrected chi connectivity index (χ1v) is 9.31. The molecule has 0 bridgehead atoms. The van der Waals surface area contributed by atoms with E-state index in [1.807, 2.05) is 17.2 Å². The van der Waals surface area contributed by atoms with Crippen molar-refractivity contribution in [2.45, 2.75) is 25.2 Å². The molecule has 2 aromatic heterocycles. The summed E-state index contributed by atoms with van der Waals surface area (Å²) in [6.45, 7) is 6.05. The summed E-state index contributed by atoms with van der Waals surface area (Å²) >= 11 is 0. The van der Waals surface area contributed by atoms with Crippen molar-refractivity contribution < 1.29 is 9.53 Å². The third-order valence-corrected chi connectivity index (χ3v) is 5.44. The number of nitrogens with one attached hydrogen (secondary N) is 1. The van der Waals surface area contributed by atoms with E-state index < -0.39 is 0 Å². The molecule has 1 amide bonds. The number of ether oxygens (including phenoxy) is 1. The van der Waals surface area contributed by atoms with E-state index in [9.17, 15) is 4.79 Å². The summed E-state index contributed by atoms with van der Waals surface area (Å²) in [5, 5.41) is 0. The van der Waals surface area contributed by atoms with Crippen LogP contribution in [-0.2, 0) is 9.53 Å². The number of carbonyl (C=O) groups is 1. The van der Waals surface area contributed by atoms with Gasteiger partial charge in [-0.05, 0) is 31.0 Å². The number of pyridine rings is 1. The van der Waals surface area contributed by atoms with Gasteiger partial charge in [0.05, 0.1) is 24.2 Å². The zero-order valence-electron chi connectivity index (χ0n) is 14.6. The van der Waals surface area contributed by atoms with Crippen LogP contribution >= 0.6 is 0 Å². The van der Waals surface area contributed by atoms with E-state index in [1.54, 1.807) is 0 Å². The van der Waals surface area contributed by atoms with E-state index in [2.05, 4.69) is 27.0 Å². The summed E-state index contributed by atoms with van der Waals surface area (Å²) < 4.78 is 5.35. The van der Waals surface area contributed by atoms with Crippen LogP contribution in [0.3, 0.4) is 0 Å². The SMILES string of the molecule is O=C(CCN1CCOCC1)N1CCC(c2cc3ncccc3[nH]2)CC1. The molecular weight excluding hydrogens is 316 g/mol. The second-order valence-electron chi connectivity index (χ2n) is 7.02. The Morgan fingerprint density at radius 2 is 2.04 bits per heavy atom. The molecule has 1 N–H and O–H groups in total. The molecule has 0 spiro atoms. The molecule has 2 saturated heterocycles. The van der Waals surface area contributed by atoms with Gasteiger partial charge in [0, 0.05) is 57.0 Å². The Balaban J connectivity index is 1.28. The van der Waals surface area contributed by atoms with Gasteiger partial charge in [0.1, 0.15) is 0 Å². The second-order valence-corrected chi connectivity index (χ2v) is 7.02. The van der Waals surface area contributed by atoms with Crippen LogP contribution in [0.15, 0.2) is 24.4 Å². The van der Waals surface area contributed by atoms with Gasteiger partial charge in [-0.15, -0.1) is 0 Å². The number of piperidine rings is 1. The van der Waals surface area contributed by atoms with Crippen LogP contribution in [0.2, 0.25) is 0 Å². The quantitative estimate of drug-likeness (QED) is 0.923. The minimum atomic E-state index is 0.295. The lowest BCUT2D eigenvalue weighted by atomic mass is 9.93. The number of aromatic nitrogens is 2. The Morgan fingerprint density at radius 1 is 1.24 bits per heavy atom. The van der Waals surface area contributed by atoms with Gasteiger partial charge in [-0.3, -0.25) is 14.7 Å². The van der Waals surface area contributed by atoms with Crippen LogP contribution in [0.1, 0.15) is 30.9 Å². The molecule has 0 radical (unpaired) electrons. The Bertz CT molecular complexity index is 682. The highest BCUT2D eigenvalue weighted by Crippen LogP contribution is 2.29. The molecule has 2 aliphatic heterocycles. The summed E-state index contributed by atoms with van der Waals surface area (Å²) in [6.07, 6.45) is 4.50. The normalized spacial score (nSPS) is 20.2. The first kappa shape index (κ1) is 16.5. The number of likely N-dealkylation sites (tertiary alicyclic amines) is 1. The van der Waals surface area contributed by atoms with Crippen molar-refractivity contribution in [2.24, 2.45) is 0 Å². The van der Waals surface area contributed by atoms with E-state index in [1.165, 1.54) is 5.69 Å². The lowest BCUT2D eigenvalue weighted by Crippen LogP contribution is -2.42. The third kappa shape index (κ3) is 3.85. The maximum atomic E-state index is 12.5. The van der Waals surface area contributed by atoms with Gasteiger partial charge in [-0.2, -0.15) is 0 Å². The standard InChI is InChI=1S/C19H26N4O2/c24-19(5-7-22-10-12-25-13-11-22)23-8-3-15(4-9-23)17-14-18-16(21-17)2-1-6-20-18/h1-2,6,14-15,21H,3-5,7-13H2. The van der Waals surface area contributed by atoms with Crippen molar-refractivity contribution >= 4 is 16.9 Å². The maximum Gasteiger partial charge on any atom is 0.223 e. The van der Waals surface area contributed by atoms with E-state index in [4.69, 9.17) is 4.74 Å². The smallest absolute Gasteiger partial charge is 0.223 e. The lowest BCUT2D eigenvalue weighted by molar-refractivity contribution is -0.132. The number of hydrogen-bond acceptors (Lipinski definition) is 4. The van der Waals surface area contributed by atoms with Crippen LogP contribution < -0.4 is 0 Å². The molecule has 6 heteroatoms. The highest BCUT2D eigenvalue weighted by atomic mass is 16.5. The molecule has 4 rings (SSSR count). The summed E-state index contributed by atoms with van der Waals surface area (Å²) in [6, 6.07) is 6.18. The minimum Gasteiger partial charge on any atom is -0.379 e. The fourth-order valence-electron chi connectivity index (χ4n) is 3.87. The summed E-state index contributed by atoms with van der Waals surface area (Å²) in [5.74, 6) is 0.792. The largest absolute Gasteiger partial charge is 0.379 e. The average molecular weight is 342 g/mol. The second kappa shape index (κ2) is 7.54. The summed E-state index contributed by atoms with van der Waals surface area (Å²) in [4.78, 5) is 24.7. The molecule has 2 aromatic rings. The molecule has 134 valence electrons. The van der Waals surface area contributed by atoms with E-state index in [-0.39, 0.29) is 0 Å². The molecular formula is C19H26N4O2. The fraction of sp³-hybridized carbons (Fsp3) is 0.579. The van der Waals surface area contributed by atoms with E-state index in [0.717, 1.165) is 69.8 Å². The van der Waals surface area contributed by atoms with Crippen molar-refractivity contribution in [1.82, 2.24) is 19.8 Å². The fourth-order valence-corrected chi connectivity index (χ4v) is 3.87. The molecule has 0 aromatic carbocycles. The molecule has 0 saturated carbocycles. The number of hydrogen-bond donors (Lipinski definition) is 1. The van der Waals surface area contributed by atoms with Gasteiger partial charge in [0.25, 0.3) is 0 Å². The van der Waals surface area contributed by atoms with Gasteiger partial charge in [-0.1, -0.05) is 0 Å². The Morgan fingerprint density at radius 3 is 2.80 bits per heavy atom. The van der Waals surface area contributed by atoms with Gasteiger partial charge in [-0.25, -0.2) is 0 Å². The predicted molar refractivity (Wildman–Crippen MR) is 96.5 cm³/mol. The molecule has 4 heterocycles. The molecule has 6 nitrogen and oxygen atoms in total. The van der Waals surface area contributed by atoms with Gasteiger partial charge < -0.3 is 14.6 Å². The van der Waals surface area contributed by atoms with Crippen LogP contribution in [-0.4, -0.2) is 71.6 Å². The summed E-state index contributed by atoms with van der Waals surface area (Å²) in [7, 11) is 0. The maximum absolute atomic E-state index is 12.5. The first-order chi connectivity index (χ1) is 12.3. The van der Waals surface area contributed by atoms with Crippen molar-refractivity contribution in [3.05, 3.63) is 30.1 Å². The zero-order valence-corrected chi connectivity index (χ0v) is 14.6. The Kier molecular flexibility index (Phi) is 4.99. The molecule has 2 aliphatic rings. The predicted octanol–water partition coefficient (Wildman–Crippen LogP) is 1.99. The number of fused-ring (bicyclic) bond motifs is 1. The number of nitrogens with zero attached hydrogens (tertiary/aromatic N) is 3. The van der Waals surface area contributed by atoms with Crippen molar-refractivity contribution in [3.63, 3.8) is 0 Å². The highest BCUT2D eigenvalue weighted by molar-refractivity contribution is 5.77. The van der Waals surface area contributed by atoms with Gasteiger partial charge in [0.2, 0.25) is 5.91 Å². The van der Waals surface area contributed by atoms with Crippen LogP contribution in [0.4, 0.5) is 0 Å². The van der Waals surface area contributed by atoms with Crippen LogP contribution in [0, 0.1) is 0 Å². The third-order valence-electron chi connectivity index (χ3n) is 5.44. The van der Waals surface area contributed by atoms with Gasteiger partial charge >= 0.3 is 0 Å². The number of aromatic amines is 1. The number of carbonyl (C=O) groups excluding carboxylic acids is 1. The summed E-state index contributed by atoms with van der Waals surface area (Å²) in [5.41, 5.74) is 3.39. The average Bonchev–Trinajstić information content (AvgIpc) is 3.11. The van der Waals surface area contributed by atoms with E-state index >= 15 is 0 Å². The van der Waals surface area contributed by atoms with Crippen LogP contribution in [0.5, 0.6) is 0 Å². The molecule has 2 fully saturated rings. The molecule has 25 heavy (non-hydrogen) atoms. The number of amides is 1. The molecule has 0 unspecified atom stereocenters. The number of rotatable bonds is 4. The molecule has 0 atom stereocenters. The highest BCUT2D eigenvalue weighted by Gasteiger charge is 2.25. The van der Waals surface area contributed by atoms with Crippen molar-refractivity contribution in [1.29, 1.82) is 0 Å². The Labute approximate surface area is 148 Å². The number of H-pyrrole nitrogens is 1. The van der Waals surface area contributed by atoms with Crippen molar-refractivity contribution in [3.8, 4) is 0 Å². The van der Waals surface area contributed by atoms with Crippen LogP contribution in [0.25, 0.3) is 11.0 Å². The first-order valence-electron chi connectivity index (χ1n) is 9.31.